The molecule has 1 atom stereocenters. The van der Waals surface area contributed by atoms with E-state index in [1.165, 1.54) is 12.1 Å². The maximum atomic E-state index is 13.2. The van der Waals surface area contributed by atoms with Crippen molar-refractivity contribution in [2.24, 2.45) is 5.92 Å². The average molecular weight is 360 g/mol. The van der Waals surface area contributed by atoms with E-state index in [1.807, 2.05) is 23.9 Å². The van der Waals surface area contributed by atoms with Crippen LogP contribution in [0.1, 0.15) is 36.2 Å². The zero-order valence-corrected chi connectivity index (χ0v) is 15.5. The van der Waals surface area contributed by atoms with Crippen molar-refractivity contribution in [3.63, 3.8) is 0 Å². The number of rotatable bonds is 5. The van der Waals surface area contributed by atoms with Gasteiger partial charge in [-0.15, -0.1) is 0 Å². The minimum Gasteiger partial charge on any atom is -0.341 e. The Morgan fingerprint density at radius 2 is 1.96 bits per heavy atom. The lowest BCUT2D eigenvalue weighted by Crippen LogP contribution is -2.44. The normalized spacial score (nSPS) is 16.9. The van der Waals surface area contributed by atoms with Crippen LogP contribution in [0.25, 0.3) is 0 Å². The molecule has 1 unspecified atom stereocenters. The summed E-state index contributed by atoms with van der Waals surface area (Å²) in [5.41, 5.74) is 0.811. The second-order valence-corrected chi connectivity index (χ2v) is 7.12. The van der Waals surface area contributed by atoms with E-state index in [0.29, 0.717) is 24.9 Å². The number of benzene rings is 1. The van der Waals surface area contributed by atoms with Gasteiger partial charge in [-0.3, -0.25) is 9.69 Å². The molecule has 1 aromatic carbocycles. The predicted octanol–water partition coefficient (Wildman–Crippen LogP) is 2.60. The molecule has 7 heteroatoms. The van der Waals surface area contributed by atoms with Crippen molar-refractivity contribution in [1.82, 2.24) is 19.9 Å². The minimum absolute atomic E-state index is 0.0652. The molecule has 3 rings (SSSR count). The van der Waals surface area contributed by atoms with Crippen molar-refractivity contribution in [3.8, 4) is 0 Å². The standard InChI is InChI=1S/C19H25FN4O2/c1-13-21-17(22-26-13)12-14-8-10-24(11-9-14)19(25)18(23(2)3)15-4-6-16(20)7-5-15/h4-7,14,18H,8-12H2,1-3H3. The molecule has 26 heavy (non-hydrogen) atoms. The van der Waals surface area contributed by atoms with E-state index in [2.05, 4.69) is 10.1 Å². The molecule has 6 nitrogen and oxygen atoms in total. The van der Waals surface area contributed by atoms with Crippen LogP contribution in [0.15, 0.2) is 28.8 Å². The number of likely N-dealkylation sites (N-methyl/N-ethyl adjacent to an activating group) is 1. The number of aromatic nitrogens is 2. The number of carbonyl (C=O) groups excluding carboxylic acids is 1. The summed E-state index contributed by atoms with van der Waals surface area (Å²) in [7, 11) is 3.74. The molecule has 2 aromatic rings. The summed E-state index contributed by atoms with van der Waals surface area (Å²) in [4.78, 5) is 21.1. The third-order valence-electron chi connectivity index (χ3n) is 4.90. The van der Waals surface area contributed by atoms with Crippen LogP contribution in [0.3, 0.4) is 0 Å². The number of carbonyl (C=O) groups is 1. The van der Waals surface area contributed by atoms with Gasteiger partial charge in [0.25, 0.3) is 0 Å². The van der Waals surface area contributed by atoms with E-state index in [0.717, 1.165) is 30.7 Å². The van der Waals surface area contributed by atoms with E-state index < -0.39 is 6.04 Å². The van der Waals surface area contributed by atoms with Crippen LogP contribution < -0.4 is 0 Å². The van der Waals surface area contributed by atoms with Crippen LogP contribution in [0, 0.1) is 18.7 Å². The lowest BCUT2D eigenvalue weighted by Gasteiger charge is -2.35. The molecular weight excluding hydrogens is 335 g/mol. The molecule has 1 aliphatic rings. The van der Waals surface area contributed by atoms with Gasteiger partial charge in [0.15, 0.2) is 5.82 Å². The fourth-order valence-corrected chi connectivity index (χ4v) is 3.52. The largest absolute Gasteiger partial charge is 0.341 e. The highest BCUT2D eigenvalue weighted by Gasteiger charge is 2.31. The lowest BCUT2D eigenvalue weighted by atomic mass is 9.92. The van der Waals surface area contributed by atoms with Gasteiger partial charge < -0.3 is 9.42 Å². The van der Waals surface area contributed by atoms with Crippen LogP contribution in [0.5, 0.6) is 0 Å². The number of piperidine rings is 1. The topological polar surface area (TPSA) is 62.5 Å². The van der Waals surface area contributed by atoms with Crippen LogP contribution in [-0.2, 0) is 11.2 Å². The second kappa shape index (κ2) is 7.95. The summed E-state index contributed by atoms with van der Waals surface area (Å²) in [5.74, 6) is 1.55. The van der Waals surface area contributed by atoms with Gasteiger partial charge in [-0.1, -0.05) is 17.3 Å². The van der Waals surface area contributed by atoms with Gasteiger partial charge in [0.2, 0.25) is 11.8 Å². The first-order chi connectivity index (χ1) is 12.4. The molecule has 0 bridgehead atoms. The summed E-state index contributed by atoms with van der Waals surface area (Å²) in [6, 6.07) is 5.77. The summed E-state index contributed by atoms with van der Waals surface area (Å²) in [6.45, 7) is 3.21. The number of hydrogen-bond donors (Lipinski definition) is 0. The molecule has 0 N–H and O–H groups in total. The highest BCUT2D eigenvalue weighted by molar-refractivity contribution is 5.83. The Hall–Kier alpha value is -2.28. The SMILES string of the molecule is Cc1nc(CC2CCN(C(=O)C(c3ccc(F)cc3)N(C)C)CC2)no1. The number of nitrogens with zero attached hydrogens (tertiary/aromatic N) is 4. The van der Waals surface area contributed by atoms with Crippen LogP contribution in [0.2, 0.25) is 0 Å². The lowest BCUT2D eigenvalue weighted by molar-refractivity contribution is -0.137. The first-order valence-corrected chi connectivity index (χ1v) is 8.94. The summed E-state index contributed by atoms with van der Waals surface area (Å²) in [5, 5.41) is 3.96. The van der Waals surface area contributed by atoms with Gasteiger partial charge in [-0.25, -0.2) is 4.39 Å². The third kappa shape index (κ3) is 4.27. The Kier molecular flexibility index (Phi) is 5.66. The van der Waals surface area contributed by atoms with Crippen LogP contribution >= 0.6 is 0 Å². The zero-order chi connectivity index (χ0) is 18.7. The number of hydrogen-bond acceptors (Lipinski definition) is 5. The molecule has 1 aliphatic heterocycles. The van der Waals surface area contributed by atoms with Crippen LogP contribution in [-0.4, -0.2) is 53.0 Å². The van der Waals surface area contributed by atoms with E-state index in [1.54, 1.807) is 19.1 Å². The number of amides is 1. The Morgan fingerprint density at radius 3 is 2.50 bits per heavy atom. The van der Waals surface area contributed by atoms with Gasteiger partial charge in [-0.05, 0) is 50.6 Å². The van der Waals surface area contributed by atoms with Crippen LogP contribution in [0.4, 0.5) is 4.39 Å². The molecule has 1 fully saturated rings. The molecule has 2 heterocycles. The first-order valence-electron chi connectivity index (χ1n) is 8.94. The van der Waals surface area contributed by atoms with Gasteiger partial charge in [0.05, 0.1) is 0 Å². The summed E-state index contributed by atoms with van der Waals surface area (Å²) in [6.07, 6.45) is 2.63. The van der Waals surface area contributed by atoms with Crippen molar-refractivity contribution in [1.29, 1.82) is 0 Å². The maximum Gasteiger partial charge on any atom is 0.244 e. The summed E-state index contributed by atoms with van der Waals surface area (Å²) >= 11 is 0. The molecule has 0 radical (unpaired) electrons. The van der Waals surface area contributed by atoms with Gasteiger partial charge >= 0.3 is 0 Å². The molecule has 140 valence electrons. The Labute approximate surface area is 153 Å². The van der Waals surface area contributed by atoms with Crippen molar-refractivity contribution >= 4 is 5.91 Å². The molecule has 0 saturated carbocycles. The smallest absolute Gasteiger partial charge is 0.244 e. The Morgan fingerprint density at radius 1 is 1.31 bits per heavy atom. The highest BCUT2D eigenvalue weighted by Crippen LogP contribution is 2.26. The minimum atomic E-state index is -0.396. The molecule has 1 aromatic heterocycles. The fraction of sp³-hybridized carbons (Fsp3) is 0.526. The maximum absolute atomic E-state index is 13.2. The number of likely N-dealkylation sites (tertiary alicyclic amines) is 1. The molecule has 1 amide bonds. The quantitative estimate of drug-likeness (QED) is 0.820. The molecular formula is C19H25FN4O2. The summed E-state index contributed by atoms with van der Waals surface area (Å²) < 4.78 is 18.2. The monoisotopic (exact) mass is 360 g/mol. The molecule has 1 saturated heterocycles. The Bertz CT molecular complexity index is 736. The second-order valence-electron chi connectivity index (χ2n) is 7.12. The van der Waals surface area contributed by atoms with E-state index in [-0.39, 0.29) is 11.7 Å². The molecule has 0 spiro atoms. The van der Waals surface area contributed by atoms with E-state index in [4.69, 9.17) is 4.52 Å². The van der Waals surface area contributed by atoms with Crippen molar-refractivity contribution < 1.29 is 13.7 Å². The third-order valence-corrected chi connectivity index (χ3v) is 4.90. The van der Waals surface area contributed by atoms with Crippen molar-refractivity contribution in [3.05, 3.63) is 47.4 Å². The zero-order valence-electron chi connectivity index (χ0n) is 15.5. The average Bonchev–Trinajstić information content (AvgIpc) is 3.02. The number of halogens is 1. The van der Waals surface area contributed by atoms with Crippen molar-refractivity contribution in [2.75, 3.05) is 27.2 Å². The van der Waals surface area contributed by atoms with E-state index >= 15 is 0 Å². The molecule has 0 aliphatic carbocycles. The van der Waals surface area contributed by atoms with Gasteiger partial charge in [0, 0.05) is 26.4 Å². The predicted molar refractivity (Wildman–Crippen MR) is 94.9 cm³/mol. The first kappa shape index (κ1) is 18.5. The highest BCUT2D eigenvalue weighted by atomic mass is 19.1. The fourth-order valence-electron chi connectivity index (χ4n) is 3.52. The van der Waals surface area contributed by atoms with E-state index in [9.17, 15) is 9.18 Å². The Balaban J connectivity index is 1.61. The van der Waals surface area contributed by atoms with Gasteiger partial charge in [0.1, 0.15) is 11.9 Å². The van der Waals surface area contributed by atoms with Crippen molar-refractivity contribution in [2.45, 2.75) is 32.2 Å². The van der Waals surface area contributed by atoms with Gasteiger partial charge in [-0.2, -0.15) is 4.98 Å². The number of aryl methyl sites for hydroxylation is 1.